The van der Waals surface area contributed by atoms with Crippen molar-refractivity contribution in [1.82, 2.24) is 9.88 Å². The maximum Gasteiger partial charge on any atom is 0.272 e. The van der Waals surface area contributed by atoms with E-state index < -0.39 is 0 Å². The van der Waals surface area contributed by atoms with Crippen molar-refractivity contribution in [3.63, 3.8) is 0 Å². The minimum Gasteiger partial charge on any atom is -0.489 e. The van der Waals surface area contributed by atoms with Crippen LogP contribution in [0.3, 0.4) is 0 Å². The number of aromatic nitrogens is 1. The van der Waals surface area contributed by atoms with Gasteiger partial charge >= 0.3 is 0 Å². The summed E-state index contributed by atoms with van der Waals surface area (Å²) in [5.74, 6) is 0.871. The molecule has 0 atom stereocenters. The van der Waals surface area contributed by atoms with Crippen molar-refractivity contribution in [2.24, 2.45) is 0 Å². The van der Waals surface area contributed by atoms with Crippen LogP contribution in [0, 0.1) is 13.8 Å². The van der Waals surface area contributed by atoms with Crippen LogP contribution < -0.4 is 4.74 Å². The molecule has 0 spiro atoms. The highest BCUT2D eigenvalue weighted by molar-refractivity contribution is 5.93. The van der Waals surface area contributed by atoms with Gasteiger partial charge in [0.25, 0.3) is 5.91 Å². The Morgan fingerprint density at radius 3 is 2.74 bits per heavy atom. The molecule has 1 aliphatic heterocycles. The summed E-state index contributed by atoms with van der Waals surface area (Å²) >= 11 is 0. The zero-order chi connectivity index (χ0) is 16.2. The second kappa shape index (κ2) is 6.82. The lowest BCUT2D eigenvalue weighted by molar-refractivity contribution is 0.0784. The molecule has 0 unspecified atom stereocenters. The second-order valence-electron chi connectivity index (χ2n) is 6.00. The number of carbonyl (C=O) groups excluding carboxylic acids is 1. The van der Waals surface area contributed by atoms with Crippen LogP contribution in [-0.2, 0) is 6.61 Å². The molecule has 0 aliphatic carbocycles. The van der Waals surface area contributed by atoms with Crippen LogP contribution in [0.1, 0.15) is 40.0 Å². The zero-order valence-electron chi connectivity index (χ0n) is 13.7. The predicted molar refractivity (Wildman–Crippen MR) is 89.6 cm³/mol. The van der Waals surface area contributed by atoms with Gasteiger partial charge < -0.3 is 9.64 Å². The second-order valence-corrected chi connectivity index (χ2v) is 6.00. The van der Waals surface area contributed by atoms with Gasteiger partial charge in [-0.1, -0.05) is 18.2 Å². The van der Waals surface area contributed by atoms with Crippen LogP contribution in [0.4, 0.5) is 0 Å². The molecule has 0 N–H and O–H groups in total. The fraction of sp³-hybridized carbons (Fsp3) is 0.368. The van der Waals surface area contributed by atoms with E-state index in [1.165, 1.54) is 5.56 Å². The number of nitrogens with zero attached hydrogens (tertiary/aromatic N) is 2. The number of carbonyl (C=O) groups is 1. The molecule has 1 fully saturated rings. The normalized spacial score (nSPS) is 14.1. The molecule has 1 aromatic carbocycles. The number of pyridine rings is 1. The van der Waals surface area contributed by atoms with Crippen molar-refractivity contribution in [3.05, 3.63) is 58.9 Å². The van der Waals surface area contributed by atoms with Gasteiger partial charge in [0.15, 0.2) is 0 Å². The number of hydrogen-bond acceptors (Lipinski definition) is 3. The fourth-order valence-electron chi connectivity index (χ4n) is 2.85. The summed E-state index contributed by atoms with van der Waals surface area (Å²) in [5, 5.41) is 0. The number of ether oxygens (including phenoxy) is 1. The first-order chi connectivity index (χ1) is 11.2. The molecule has 4 heteroatoms. The molecule has 0 radical (unpaired) electrons. The molecule has 4 nitrogen and oxygen atoms in total. The average Bonchev–Trinajstić information content (AvgIpc) is 3.10. The van der Waals surface area contributed by atoms with E-state index in [2.05, 4.69) is 18.0 Å². The Labute approximate surface area is 137 Å². The highest BCUT2D eigenvalue weighted by Crippen LogP contribution is 2.22. The van der Waals surface area contributed by atoms with E-state index in [1.807, 2.05) is 36.1 Å². The highest BCUT2D eigenvalue weighted by Gasteiger charge is 2.23. The monoisotopic (exact) mass is 310 g/mol. The van der Waals surface area contributed by atoms with Crippen LogP contribution in [0.2, 0.25) is 0 Å². The standard InChI is InChI=1S/C19H22N2O2/c1-14-7-5-9-17(15(14)2)23-13-16-8-6-10-20-18(16)19(22)21-11-3-4-12-21/h5-10H,3-4,11-13H2,1-2H3. The quantitative estimate of drug-likeness (QED) is 0.868. The summed E-state index contributed by atoms with van der Waals surface area (Å²) in [7, 11) is 0. The van der Waals surface area contributed by atoms with Crippen molar-refractivity contribution in [1.29, 1.82) is 0 Å². The van der Waals surface area contributed by atoms with E-state index in [1.54, 1.807) is 6.20 Å². The van der Waals surface area contributed by atoms with Gasteiger partial charge in [-0.05, 0) is 49.9 Å². The molecule has 3 rings (SSSR count). The van der Waals surface area contributed by atoms with Gasteiger partial charge in [-0.2, -0.15) is 0 Å². The molecule has 23 heavy (non-hydrogen) atoms. The molecule has 2 heterocycles. The summed E-state index contributed by atoms with van der Waals surface area (Å²) in [6.07, 6.45) is 3.82. The van der Waals surface area contributed by atoms with Crippen LogP contribution in [0.25, 0.3) is 0 Å². The van der Waals surface area contributed by atoms with Crippen molar-refractivity contribution >= 4 is 5.91 Å². The van der Waals surface area contributed by atoms with E-state index in [4.69, 9.17) is 4.74 Å². The highest BCUT2D eigenvalue weighted by atomic mass is 16.5. The van der Waals surface area contributed by atoms with Crippen molar-refractivity contribution < 1.29 is 9.53 Å². The Morgan fingerprint density at radius 2 is 1.96 bits per heavy atom. The molecule has 1 aliphatic rings. The molecule has 120 valence electrons. The Bertz CT molecular complexity index is 706. The average molecular weight is 310 g/mol. The molecule has 0 saturated carbocycles. The van der Waals surface area contributed by atoms with Gasteiger partial charge in [0.05, 0.1) is 0 Å². The van der Waals surface area contributed by atoms with Crippen molar-refractivity contribution in [2.75, 3.05) is 13.1 Å². The topological polar surface area (TPSA) is 42.4 Å². The third-order valence-corrected chi connectivity index (χ3v) is 4.43. The van der Waals surface area contributed by atoms with E-state index >= 15 is 0 Å². The van der Waals surface area contributed by atoms with Gasteiger partial charge in [0.1, 0.15) is 18.1 Å². The van der Waals surface area contributed by atoms with E-state index in [-0.39, 0.29) is 5.91 Å². The molecule has 1 aromatic heterocycles. The number of likely N-dealkylation sites (tertiary alicyclic amines) is 1. The lowest BCUT2D eigenvalue weighted by atomic mass is 10.1. The SMILES string of the molecule is Cc1cccc(OCc2cccnc2C(=O)N2CCCC2)c1C. The zero-order valence-corrected chi connectivity index (χ0v) is 13.7. The Kier molecular flexibility index (Phi) is 4.60. The van der Waals surface area contributed by atoms with Crippen molar-refractivity contribution in [3.8, 4) is 5.75 Å². The Hall–Kier alpha value is -2.36. The van der Waals surface area contributed by atoms with Crippen LogP contribution in [0.15, 0.2) is 36.5 Å². The number of hydrogen-bond donors (Lipinski definition) is 0. The largest absolute Gasteiger partial charge is 0.489 e. The van der Waals surface area contributed by atoms with Gasteiger partial charge in [-0.25, -0.2) is 0 Å². The number of rotatable bonds is 4. The Balaban J connectivity index is 1.78. The summed E-state index contributed by atoms with van der Waals surface area (Å²) in [6.45, 7) is 6.12. The van der Waals surface area contributed by atoms with Crippen LogP contribution in [0.5, 0.6) is 5.75 Å². The smallest absolute Gasteiger partial charge is 0.272 e. The first-order valence-electron chi connectivity index (χ1n) is 8.09. The maximum atomic E-state index is 12.6. The van der Waals surface area contributed by atoms with Gasteiger partial charge in [-0.15, -0.1) is 0 Å². The van der Waals surface area contributed by atoms with E-state index in [0.717, 1.165) is 42.8 Å². The summed E-state index contributed by atoms with van der Waals surface area (Å²) in [4.78, 5) is 18.8. The summed E-state index contributed by atoms with van der Waals surface area (Å²) in [6, 6.07) is 9.77. The molecule has 1 saturated heterocycles. The van der Waals surface area contributed by atoms with Gasteiger partial charge in [0, 0.05) is 24.8 Å². The summed E-state index contributed by atoms with van der Waals surface area (Å²) in [5.41, 5.74) is 3.68. The van der Waals surface area contributed by atoms with Crippen molar-refractivity contribution in [2.45, 2.75) is 33.3 Å². The first-order valence-corrected chi connectivity index (χ1v) is 8.09. The molecular weight excluding hydrogens is 288 g/mol. The van der Waals surface area contributed by atoms with E-state index in [9.17, 15) is 4.79 Å². The third kappa shape index (κ3) is 3.36. The number of benzene rings is 1. The van der Waals surface area contributed by atoms with Crippen LogP contribution in [-0.4, -0.2) is 28.9 Å². The summed E-state index contributed by atoms with van der Waals surface area (Å²) < 4.78 is 5.95. The Morgan fingerprint density at radius 1 is 1.17 bits per heavy atom. The molecule has 1 amide bonds. The molecule has 2 aromatic rings. The van der Waals surface area contributed by atoms with Gasteiger partial charge in [-0.3, -0.25) is 9.78 Å². The fourth-order valence-corrected chi connectivity index (χ4v) is 2.85. The minimum atomic E-state index is 0.0164. The lowest BCUT2D eigenvalue weighted by Crippen LogP contribution is -2.29. The van der Waals surface area contributed by atoms with Gasteiger partial charge in [0.2, 0.25) is 0 Å². The number of aryl methyl sites for hydroxylation is 1. The lowest BCUT2D eigenvalue weighted by Gasteiger charge is -2.17. The van der Waals surface area contributed by atoms with Crippen LogP contribution >= 0.6 is 0 Å². The van der Waals surface area contributed by atoms with E-state index in [0.29, 0.717) is 12.3 Å². The predicted octanol–water partition coefficient (Wildman–Crippen LogP) is 3.51. The first kappa shape index (κ1) is 15.5. The molecule has 0 bridgehead atoms. The number of amides is 1. The minimum absolute atomic E-state index is 0.0164. The maximum absolute atomic E-state index is 12.6. The molecular formula is C19H22N2O2. The third-order valence-electron chi connectivity index (χ3n) is 4.43.